The zero-order valence-corrected chi connectivity index (χ0v) is 11.6. The standard InChI is InChI=1S/C13H18F3N3O/c1-12(2,3)19-11(20)7-8-17-10-6-4-5-9(18-10)13(14,15)16/h4-6H,7-8H2,1-3H3,(H,17,18)(H,19,20). The predicted octanol–water partition coefficient (Wildman–Crippen LogP) is 2.82. The smallest absolute Gasteiger partial charge is 0.370 e. The number of alkyl halides is 3. The van der Waals surface area contributed by atoms with E-state index in [0.29, 0.717) is 0 Å². The Labute approximate surface area is 115 Å². The second-order valence-corrected chi connectivity index (χ2v) is 5.38. The summed E-state index contributed by atoms with van der Waals surface area (Å²) in [7, 11) is 0. The lowest BCUT2D eigenvalue weighted by Gasteiger charge is -2.20. The van der Waals surface area contributed by atoms with Crippen molar-refractivity contribution < 1.29 is 18.0 Å². The van der Waals surface area contributed by atoms with E-state index in [9.17, 15) is 18.0 Å². The van der Waals surface area contributed by atoms with Gasteiger partial charge in [0.15, 0.2) is 0 Å². The lowest BCUT2D eigenvalue weighted by molar-refractivity contribution is -0.141. The fourth-order valence-corrected chi connectivity index (χ4v) is 1.48. The molecule has 20 heavy (non-hydrogen) atoms. The van der Waals surface area contributed by atoms with Crippen LogP contribution in [-0.4, -0.2) is 23.0 Å². The number of nitrogens with zero attached hydrogens (tertiary/aromatic N) is 1. The molecule has 1 aromatic heterocycles. The average molecular weight is 289 g/mol. The Balaban J connectivity index is 2.49. The van der Waals surface area contributed by atoms with E-state index in [2.05, 4.69) is 15.6 Å². The molecule has 7 heteroatoms. The van der Waals surface area contributed by atoms with Crippen LogP contribution in [0.15, 0.2) is 18.2 Å². The van der Waals surface area contributed by atoms with Gasteiger partial charge in [0.25, 0.3) is 0 Å². The first-order chi connectivity index (χ1) is 9.08. The Morgan fingerprint density at radius 3 is 2.45 bits per heavy atom. The van der Waals surface area contributed by atoms with E-state index in [1.54, 1.807) is 0 Å². The summed E-state index contributed by atoms with van der Waals surface area (Å²) in [5, 5.41) is 5.46. The topological polar surface area (TPSA) is 54.0 Å². The lowest BCUT2D eigenvalue weighted by atomic mass is 10.1. The van der Waals surface area contributed by atoms with Gasteiger partial charge < -0.3 is 10.6 Å². The molecule has 1 heterocycles. The van der Waals surface area contributed by atoms with Crippen molar-refractivity contribution in [2.24, 2.45) is 0 Å². The van der Waals surface area contributed by atoms with Gasteiger partial charge in [-0.25, -0.2) is 4.98 Å². The summed E-state index contributed by atoms with van der Waals surface area (Å²) in [4.78, 5) is 15.0. The second kappa shape index (κ2) is 6.11. The SMILES string of the molecule is CC(C)(C)NC(=O)CCNc1cccc(C(F)(F)F)n1. The van der Waals surface area contributed by atoms with Gasteiger partial charge in [0.1, 0.15) is 11.5 Å². The molecule has 1 amide bonds. The van der Waals surface area contributed by atoms with Crippen LogP contribution < -0.4 is 10.6 Å². The first-order valence-electron chi connectivity index (χ1n) is 6.17. The quantitative estimate of drug-likeness (QED) is 0.896. The number of hydrogen-bond donors (Lipinski definition) is 2. The van der Waals surface area contributed by atoms with Crippen LogP contribution in [0.5, 0.6) is 0 Å². The number of carbonyl (C=O) groups is 1. The molecule has 4 nitrogen and oxygen atoms in total. The van der Waals surface area contributed by atoms with E-state index >= 15 is 0 Å². The highest BCUT2D eigenvalue weighted by atomic mass is 19.4. The Bertz CT molecular complexity index is 467. The fourth-order valence-electron chi connectivity index (χ4n) is 1.48. The third-order valence-corrected chi connectivity index (χ3v) is 2.21. The Morgan fingerprint density at radius 2 is 1.90 bits per heavy atom. The number of aromatic nitrogens is 1. The summed E-state index contributed by atoms with van der Waals surface area (Å²) in [6, 6.07) is 3.60. The number of carbonyl (C=O) groups excluding carboxylic acids is 1. The normalized spacial score (nSPS) is 12.1. The van der Waals surface area contributed by atoms with Crippen molar-refractivity contribution in [3.63, 3.8) is 0 Å². The summed E-state index contributed by atoms with van der Waals surface area (Å²) in [6.07, 6.45) is -4.31. The van der Waals surface area contributed by atoms with Gasteiger partial charge in [0, 0.05) is 18.5 Å². The number of hydrogen-bond acceptors (Lipinski definition) is 3. The van der Waals surface area contributed by atoms with Crippen LogP contribution in [0.2, 0.25) is 0 Å². The van der Waals surface area contributed by atoms with Crippen LogP contribution in [0, 0.1) is 0 Å². The molecule has 2 N–H and O–H groups in total. The van der Waals surface area contributed by atoms with Gasteiger partial charge in [-0.05, 0) is 32.9 Å². The minimum absolute atomic E-state index is 0.100. The van der Waals surface area contributed by atoms with Gasteiger partial charge >= 0.3 is 6.18 Å². The summed E-state index contributed by atoms with van der Waals surface area (Å²) >= 11 is 0. The first kappa shape index (κ1) is 16.3. The molecule has 0 spiro atoms. The molecule has 0 aromatic carbocycles. The third kappa shape index (κ3) is 5.90. The number of halogens is 3. The van der Waals surface area contributed by atoms with Gasteiger partial charge in [-0.15, -0.1) is 0 Å². The molecule has 0 aliphatic rings. The summed E-state index contributed by atoms with van der Waals surface area (Å²) in [5.41, 5.74) is -1.28. The maximum absolute atomic E-state index is 12.4. The highest BCUT2D eigenvalue weighted by Gasteiger charge is 2.32. The number of rotatable bonds is 4. The average Bonchev–Trinajstić information content (AvgIpc) is 2.25. The van der Waals surface area contributed by atoms with Crippen molar-refractivity contribution in [3.8, 4) is 0 Å². The van der Waals surface area contributed by atoms with Crippen LogP contribution in [-0.2, 0) is 11.0 Å². The third-order valence-electron chi connectivity index (χ3n) is 2.21. The number of nitrogens with one attached hydrogen (secondary N) is 2. The minimum Gasteiger partial charge on any atom is -0.370 e. The molecule has 0 aliphatic heterocycles. The molecule has 0 atom stereocenters. The molecule has 0 aliphatic carbocycles. The summed E-state index contributed by atoms with van der Waals surface area (Å²) in [6.45, 7) is 5.78. The van der Waals surface area contributed by atoms with E-state index in [4.69, 9.17) is 0 Å². The minimum atomic E-state index is -4.47. The van der Waals surface area contributed by atoms with Gasteiger partial charge in [0.05, 0.1) is 0 Å². The molecule has 1 aromatic rings. The monoisotopic (exact) mass is 289 g/mol. The van der Waals surface area contributed by atoms with Crippen LogP contribution >= 0.6 is 0 Å². The van der Waals surface area contributed by atoms with E-state index in [0.717, 1.165) is 6.07 Å². The molecular weight excluding hydrogens is 271 g/mol. The largest absolute Gasteiger partial charge is 0.433 e. The molecule has 1 rings (SSSR count). The maximum Gasteiger partial charge on any atom is 0.433 e. The summed E-state index contributed by atoms with van der Waals surface area (Å²) in [5.74, 6) is -0.0691. The lowest BCUT2D eigenvalue weighted by Crippen LogP contribution is -2.41. The van der Waals surface area contributed by atoms with Crippen molar-refractivity contribution in [1.82, 2.24) is 10.3 Å². The Hall–Kier alpha value is -1.79. The molecular formula is C13H18F3N3O. The van der Waals surface area contributed by atoms with Gasteiger partial charge in [0.2, 0.25) is 5.91 Å². The van der Waals surface area contributed by atoms with Gasteiger partial charge in [-0.2, -0.15) is 13.2 Å². The molecule has 112 valence electrons. The zero-order valence-electron chi connectivity index (χ0n) is 11.6. The van der Waals surface area contributed by atoms with E-state index < -0.39 is 11.9 Å². The van der Waals surface area contributed by atoms with E-state index in [1.165, 1.54) is 12.1 Å². The second-order valence-electron chi connectivity index (χ2n) is 5.38. The fraction of sp³-hybridized carbons (Fsp3) is 0.538. The zero-order chi connectivity index (χ0) is 15.4. The highest BCUT2D eigenvalue weighted by Crippen LogP contribution is 2.28. The molecule has 0 saturated carbocycles. The first-order valence-corrected chi connectivity index (χ1v) is 6.17. The summed E-state index contributed by atoms with van der Waals surface area (Å²) < 4.78 is 37.3. The molecule has 0 saturated heterocycles. The van der Waals surface area contributed by atoms with Crippen LogP contribution in [0.25, 0.3) is 0 Å². The Morgan fingerprint density at radius 1 is 1.25 bits per heavy atom. The van der Waals surface area contributed by atoms with Gasteiger partial charge in [-0.1, -0.05) is 6.07 Å². The van der Waals surface area contributed by atoms with Crippen molar-refractivity contribution in [3.05, 3.63) is 23.9 Å². The Kier molecular flexibility index (Phi) is 4.97. The van der Waals surface area contributed by atoms with Crippen molar-refractivity contribution >= 4 is 11.7 Å². The number of amides is 1. The highest BCUT2D eigenvalue weighted by molar-refractivity contribution is 5.77. The molecule has 0 unspecified atom stereocenters. The van der Waals surface area contributed by atoms with Crippen molar-refractivity contribution in [2.75, 3.05) is 11.9 Å². The predicted molar refractivity (Wildman–Crippen MR) is 70.2 cm³/mol. The van der Waals surface area contributed by atoms with Crippen LogP contribution in [0.1, 0.15) is 32.9 Å². The van der Waals surface area contributed by atoms with Gasteiger partial charge in [-0.3, -0.25) is 4.79 Å². The van der Waals surface area contributed by atoms with Crippen LogP contribution in [0.4, 0.5) is 19.0 Å². The number of anilines is 1. The molecule has 0 radical (unpaired) electrons. The van der Waals surface area contributed by atoms with Crippen molar-refractivity contribution in [2.45, 2.75) is 38.9 Å². The molecule has 0 fully saturated rings. The van der Waals surface area contributed by atoms with Crippen LogP contribution in [0.3, 0.4) is 0 Å². The number of pyridine rings is 1. The van der Waals surface area contributed by atoms with Crippen molar-refractivity contribution in [1.29, 1.82) is 0 Å². The van der Waals surface area contributed by atoms with E-state index in [-0.39, 0.29) is 30.2 Å². The maximum atomic E-state index is 12.4. The van der Waals surface area contributed by atoms with E-state index in [1.807, 2.05) is 20.8 Å². The molecule has 0 bridgehead atoms.